The van der Waals surface area contributed by atoms with Gasteiger partial charge in [-0.3, -0.25) is 9.80 Å². The standard InChI is InChI=1S/C18H22N6S/c1-13-20-10-14(25-13)11-23-6-8-24(9-7-23)12-17-21-16-5-3-2-4-15(16)18(19)22-17/h2-5,10H,6-9,11-12H2,1H3,(H2,19,21,22). The summed E-state index contributed by atoms with van der Waals surface area (Å²) in [6.07, 6.45) is 2.00. The van der Waals surface area contributed by atoms with E-state index < -0.39 is 0 Å². The number of fused-ring (bicyclic) bond motifs is 1. The normalized spacial score (nSPS) is 16.5. The molecule has 1 fully saturated rings. The molecule has 6 nitrogen and oxygen atoms in total. The van der Waals surface area contributed by atoms with E-state index in [1.54, 1.807) is 11.3 Å². The van der Waals surface area contributed by atoms with E-state index in [0.717, 1.165) is 61.0 Å². The van der Waals surface area contributed by atoms with Crippen molar-refractivity contribution in [3.63, 3.8) is 0 Å². The topological polar surface area (TPSA) is 71.2 Å². The quantitative estimate of drug-likeness (QED) is 0.775. The first kappa shape index (κ1) is 16.4. The highest BCUT2D eigenvalue weighted by Crippen LogP contribution is 2.19. The predicted molar refractivity (Wildman–Crippen MR) is 101 cm³/mol. The number of para-hydroxylation sites is 1. The van der Waals surface area contributed by atoms with Gasteiger partial charge >= 0.3 is 0 Å². The third-order valence-corrected chi connectivity index (χ3v) is 5.46. The monoisotopic (exact) mass is 354 g/mol. The molecule has 3 heterocycles. The SMILES string of the molecule is Cc1ncc(CN2CCN(Cc3nc(N)c4ccccc4n3)CC2)s1. The molecule has 1 aliphatic rings. The molecule has 0 saturated carbocycles. The minimum Gasteiger partial charge on any atom is -0.383 e. The van der Waals surface area contributed by atoms with E-state index in [1.165, 1.54) is 4.88 Å². The van der Waals surface area contributed by atoms with Crippen molar-refractivity contribution in [3.05, 3.63) is 46.2 Å². The van der Waals surface area contributed by atoms with Crippen LogP contribution in [-0.4, -0.2) is 50.9 Å². The zero-order valence-electron chi connectivity index (χ0n) is 14.4. The maximum absolute atomic E-state index is 6.09. The van der Waals surface area contributed by atoms with Crippen LogP contribution in [0.5, 0.6) is 0 Å². The van der Waals surface area contributed by atoms with Crippen LogP contribution in [0.1, 0.15) is 15.7 Å². The highest BCUT2D eigenvalue weighted by Gasteiger charge is 2.19. The summed E-state index contributed by atoms with van der Waals surface area (Å²) in [7, 11) is 0. The molecule has 0 bridgehead atoms. The van der Waals surface area contributed by atoms with Crippen LogP contribution in [0.25, 0.3) is 10.9 Å². The fraction of sp³-hybridized carbons (Fsp3) is 0.389. The molecule has 25 heavy (non-hydrogen) atoms. The van der Waals surface area contributed by atoms with Crippen LogP contribution in [-0.2, 0) is 13.1 Å². The third kappa shape index (κ3) is 3.78. The predicted octanol–water partition coefficient (Wildman–Crippen LogP) is 2.29. The van der Waals surface area contributed by atoms with E-state index in [-0.39, 0.29) is 0 Å². The second-order valence-electron chi connectivity index (χ2n) is 6.44. The second kappa shape index (κ2) is 7.03. The molecule has 0 spiro atoms. The highest BCUT2D eigenvalue weighted by molar-refractivity contribution is 7.11. The molecule has 1 saturated heterocycles. The van der Waals surface area contributed by atoms with Crippen molar-refractivity contribution < 1.29 is 0 Å². The van der Waals surface area contributed by atoms with Gasteiger partial charge in [0.25, 0.3) is 0 Å². The summed E-state index contributed by atoms with van der Waals surface area (Å²) in [5.41, 5.74) is 7.01. The van der Waals surface area contributed by atoms with Crippen LogP contribution in [0.15, 0.2) is 30.5 Å². The van der Waals surface area contributed by atoms with E-state index in [1.807, 2.05) is 30.5 Å². The number of rotatable bonds is 4. The van der Waals surface area contributed by atoms with Crippen LogP contribution in [0.4, 0.5) is 5.82 Å². The number of piperazine rings is 1. The maximum Gasteiger partial charge on any atom is 0.145 e. The molecule has 2 N–H and O–H groups in total. The molecule has 0 atom stereocenters. The largest absolute Gasteiger partial charge is 0.383 e. The summed E-state index contributed by atoms with van der Waals surface area (Å²) in [6, 6.07) is 7.91. The number of hydrogen-bond acceptors (Lipinski definition) is 7. The van der Waals surface area contributed by atoms with E-state index in [4.69, 9.17) is 5.73 Å². The summed E-state index contributed by atoms with van der Waals surface area (Å²) in [4.78, 5) is 19.7. The first-order valence-corrected chi connectivity index (χ1v) is 9.36. The molecule has 130 valence electrons. The lowest BCUT2D eigenvalue weighted by atomic mass is 10.2. The number of hydrogen-bond donors (Lipinski definition) is 1. The molecular weight excluding hydrogens is 332 g/mol. The van der Waals surface area contributed by atoms with Crippen molar-refractivity contribution in [3.8, 4) is 0 Å². The molecule has 1 aliphatic heterocycles. The summed E-state index contributed by atoms with van der Waals surface area (Å²) >= 11 is 1.79. The first-order chi connectivity index (χ1) is 12.2. The van der Waals surface area contributed by atoms with Gasteiger partial charge in [0.2, 0.25) is 0 Å². The van der Waals surface area contributed by atoms with Crippen molar-refractivity contribution in [2.45, 2.75) is 20.0 Å². The van der Waals surface area contributed by atoms with Gasteiger partial charge in [0, 0.05) is 49.2 Å². The average Bonchev–Trinajstić information content (AvgIpc) is 3.02. The minimum atomic E-state index is 0.569. The summed E-state index contributed by atoms with van der Waals surface area (Å²) in [5, 5.41) is 2.07. The second-order valence-corrected chi connectivity index (χ2v) is 7.76. The molecule has 7 heteroatoms. The van der Waals surface area contributed by atoms with Gasteiger partial charge in [0.1, 0.15) is 11.6 Å². The smallest absolute Gasteiger partial charge is 0.145 e. The van der Waals surface area contributed by atoms with E-state index in [0.29, 0.717) is 5.82 Å². The fourth-order valence-corrected chi connectivity index (χ4v) is 4.06. The molecular formula is C18H22N6S. The average molecular weight is 354 g/mol. The number of aromatic nitrogens is 3. The molecule has 0 amide bonds. The Kier molecular flexibility index (Phi) is 4.61. The summed E-state index contributed by atoms with van der Waals surface area (Å²) in [6.45, 7) is 7.96. The summed E-state index contributed by atoms with van der Waals surface area (Å²) in [5.74, 6) is 1.38. The lowest BCUT2D eigenvalue weighted by Gasteiger charge is -2.34. The zero-order chi connectivity index (χ0) is 17.2. The van der Waals surface area contributed by atoms with E-state index in [9.17, 15) is 0 Å². The Bertz CT molecular complexity index is 869. The number of nitrogens with zero attached hydrogens (tertiary/aromatic N) is 5. The van der Waals surface area contributed by atoms with Gasteiger partial charge in [-0.25, -0.2) is 15.0 Å². The van der Waals surface area contributed by atoms with Gasteiger partial charge in [0.05, 0.1) is 17.1 Å². The Morgan fingerprint density at radius 1 is 1.04 bits per heavy atom. The van der Waals surface area contributed by atoms with Gasteiger partial charge in [-0.2, -0.15) is 0 Å². The number of anilines is 1. The fourth-order valence-electron chi connectivity index (χ4n) is 3.23. The Morgan fingerprint density at radius 3 is 2.48 bits per heavy atom. The number of thiazole rings is 1. The minimum absolute atomic E-state index is 0.569. The lowest BCUT2D eigenvalue weighted by Crippen LogP contribution is -2.45. The van der Waals surface area contributed by atoms with Crippen molar-refractivity contribution in [1.82, 2.24) is 24.8 Å². The Morgan fingerprint density at radius 2 is 1.76 bits per heavy atom. The molecule has 1 aromatic carbocycles. The van der Waals surface area contributed by atoms with E-state index >= 15 is 0 Å². The number of nitrogen functional groups attached to an aromatic ring is 1. The molecule has 0 aliphatic carbocycles. The highest BCUT2D eigenvalue weighted by atomic mass is 32.1. The first-order valence-electron chi connectivity index (χ1n) is 8.54. The Balaban J connectivity index is 1.37. The van der Waals surface area contributed by atoms with Gasteiger partial charge < -0.3 is 5.73 Å². The van der Waals surface area contributed by atoms with Crippen molar-refractivity contribution in [2.75, 3.05) is 31.9 Å². The Hall–Kier alpha value is -2.09. The molecule has 0 radical (unpaired) electrons. The van der Waals surface area contributed by atoms with Crippen LogP contribution in [0.2, 0.25) is 0 Å². The third-order valence-electron chi connectivity index (χ3n) is 4.56. The van der Waals surface area contributed by atoms with Crippen molar-refractivity contribution >= 4 is 28.1 Å². The maximum atomic E-state index is 6.09. The summed E-state index contributed by atoms with van der Waals surface area (Å²) < 4.78 is 0. The van der Waals surface area contributed by atoms with Gasteiger partial charge in [-0.05, 0) is 19.1 Å². The van der Waals surface area contributed by atoms with Crippen molar-refractivity contribution in [1.29, 1.82) is 0 Å². The van der Waals surface area contributed by atoms with Crippen LogP contribution in [0, 0.1) is 6.92 Å². The van der Waals surface area contributed by atoms with Crippen molar-refractivity contribution in [2.24, 2.45) is 0 Å². The van der Waals surface area contributed by atoms with E-state index in [2.05, 4.69) is 31.7 Å². The molecule has 2 aromatic heterocycles. The zero-order valence-corrected chi connectivity index (χ0v) is 15.2. The van der Waals surface area contributed by atoms with Gasteiger partial charge in [0.15, 0.2) is 0 Å². The lowest BCUT2D eigenvalue weighted by molar-refractivity contribution is 0.121. The number of aryl methyl sites for hydroxylation is 1. The van der Waals surface area contributed by atoms with Gasteiger partial charge in [-0.15, -0.1) is 11.3 Å². The molecule has 0 unspecified atom stereocenters. The van der Waals surface area contributed by atoms with Crippen LogP contribution < -0.4 is 5.73 Å². The van der Waals surface area contributed by atoms with Gasteiger partial charge in [-0.1, -0.05) is 12.1 Å². The van der Waals surface area contributed by atoms with Crippen LogP contribution in [0.3, 0.4) is 0 Å². The van der Waals surface area contributed by atoms with Crippen LogP contribution >= 0.6 is 11.3 Å². The number of nitrogens with two attached hydrogens (primary N) is 1. The molecule has 3 aromatic rings. The number of benzene rings is 1. The Labute approximate surface area is 151 Å². The molecule has 4 rings (SSSR count).